The third kappa shape index (κ3) is 7.70. The summed E-state index contributed by atoms with van der Waals surface area (Å²) in [7, 11) is 1.61. The van der Waals surface area contributed by atoms with Gasteiger partial charge in [0.2, 0.25) is 5.91 Å². The summed E-state index contributed by atoms with van der Waals surface area (Å²) in [5, 5.41) is 2.95. The predicted molar refractivity (Wildman–Crippen MR) is 122 cm³/mol. The molecule has 1 amide bonds. The molecule has 0 aliphatic heterocycles. The first-order valence-electron chi connectivity index (χ1n) is 10.5. The van der Waals surface area contributed by atoms with Crippen molar-refractivity contribution < 1.29 is 19.0 Å². The van der Waals surface area contributed by atoms with Gasteiger partial charge in [0.25, 0.3) is 0 Å². The molecule has 0 spiro atoms. The van der Waals surface area contributed by atoms with E-state index in [1.807, 2.05) is 78.9 Å². The second kappa shape index (κ2) is 12.3. The fraction of sp³-hybridized carbons (Fsp3) is 0.269. The van der Waals surface area contributed by atoms with E-state index in [2.05, 4.69) is 5.32 Å². The van der Waals surface area contributed by atoms with Crippen LogP contribution in [0.2, 0.25) is 0 Å². The summed E-state index contributed by atoms with van der Waals surface area (Å²) in [5.74, 6) is 2.36. The van der Waals surface area contributed by atoms with Crippen molar-refractivity contribution in [3.8, 4) is 17.2 Å². The second-order valence-corrected chi connectivity index (χ2v) is 7.14. The summed E-state index contributed by atoms with van der Waals surface area (Å²) in [4.78, 5) is 12.1. The molecule has 0 saturated heterocycles. The second-order valence-electron chi connectivity index (χ2n) is 7.14. The van der Waals surface area contributed by atoms with Gasteiger partial charge in [0.1, 0.15) is 23.9 Å². The number of hydrogen-bond acceptors (Lipinski definition) is 4. The van der Waals surface area contributed by atoms with Crippen LogP contribution in [0.15, 0.2) is 78.9 Å². The maximum atomic E-state index is 12.1. The number of amides is 1. The molecule has 5 nitrogen and oxygen atoms in total. The Morgan fingerprint density at radius 3 is 2.23 bits per heavy atom. The number of benzene rings is 3. The van der Waals surface area contributed by atoms with Crippen LogP contribution >= 0.6 is 0 Å². The minimum absolute atomic E-state index is 0.00323. The van der Waals surface area contributed by atoms with Crippen molar-refractivity contribution in [2.24, 2.45) is 0 Å². The van der Waals surface area contributed by atoms with E-state index in [1.165, 1.54) is 0 Å². The Kier molecular flexibility index (Phi) is 8.80. The van der Waals surface area contributed by atoms with Crippen LogP contribution in [0.1, 0.15) is 24.0 Å². The molecule has 0 aromatic heterocycles. The molecule has 31 heavy (non-hydrogen) atoms. The van der Waals surface area contributed by atoms with Gasteiger partial charge in [0.15, 0.2) is 0 Å². The van der Waals surface area contributed by atoms with Crippen LogP contribution in [0, 0.1) is 0 Å². The molecule has 0 saturated carbocycles. The summed E-state index contributed by atoms with van der Waals surface area (Å²) in [6.45, 7) is 1.78. The van der Waals surface area contributed by atoms with Crippen molar-refractivity contribution in [3.63, 3.8) is 0 Å². The maximum absolute atomic E-state index is 12.1. The van der Waals surface area contributed by atoms with E-state index in [0.717, 1.165) is 41.2 Å². The molecule has 0 fully saturated rings. The Balaban J connectivity index is 1.28. The van der Waals surface area contributed by atoms with Gasteiger partial charge in [-0.1, -0.05) is 48.5 Å². The molecule has 0 unspecified atom stereocenters. The fourth-order valence-corrected chi connectivity index (χ4v) is 3.10. The van der Waals surface area contributed by atoms with Crippen LogP contribution in [-0.2, 0) is 17.8 Å². The molecule has 162 valence electrons. The van der Waals surface area contributed by atoms with E-state index in [-0.39, 0.29) is 5.91 Å². The topological polar surface area (TPSA) is 56.8 Å². The molecule has 0 aliphatic rings. The highest BCUT2D eigenvalue weighted by Crippen LogP contribution is 2.19. The van der Waals surface area contributed by atoms with Gasteiger partial charge in [-0.05, 0) is 48.7 Å². The molecular weight excluding hydrogens is 390 g/mol. The Bertz CT molecular complexity index is 926. The number of rotatable bonds is 12. The number of carbonyl (C=O) groups is 1. The first-order valence-corrected chi connectivity index (χ1v) is 10.5. The summed E-state index contributed by atoms with van der Waals surface area (Å²) in [6.07, 6.45) is 2.04. The number of para-hydroxylation sites is 1. The first-order chi connectivity index (χ1) is 15.2. The largest absolute Gasteiger partial charge is 0.496 e. The van der Waals surface area contributed by atoms with E-state index >= 15 is 0 Å². The molecule has 3 aromatic rings. The third-order valence-corrected chi connectivity index (χ3v) is 4.78. The van der Waals surface area contributed by atoms with E-state index in [4.69, 9.17) is 14.2 Å². The molecule has 3 aromatic carbocycles. The van der Waals surface area contributed by atoms with Crippen LogP contribution in [0.25, 0.3) is 0 Å². The quantitative estimate of drug-likeness (QED) is 0.429. The van der Waals surface area contributed by atoms with Gasteiger partial charge in [0, 0.05) is 12.1 Å². The molecule has 0 bridgehead atoms. The molecule has 0 radical (unpaired) electrons. The van der Waals surface area contributed by atoms with Crippen molar-refractivity contribution in [2.75, 3.05) is 20.3 Å². The summed E-state index contributed by atoms with van der Waals surface area (Å²) in [5.41, 5.74) is 2.03. The van der Waals surface area contributed by atoms with Crippen molar-refractivity contribution in [3.05, 3.63) is 90.0 Å². The highest BCUT2D eigenvalue weighted by atomic mass is 16.5. The monoisotopic (exact) mass is 419 g/mol. The van der Waals surface area contributed by atoms with Crippen LogP contribution in [-0.4, -0.2) is 26.2 Å². The van der Waals surface area contributed by atoms with Gasteiger partial charge >= 0.3 is 0 Å². The van der Waals surface area contributed by atoms with Gasteiger partial charge in [-0.25, -0.2) is 0 Å². The number of nitrogens with one attached hydrogen (secondary N) is 1. The average molecular weight is 420 g/mol. The van der Waals surface area contributed by atoms with E-state index < -0.39 is 0 Å². The maximum Gasteiger partial charge on any atom is 0.224 e. The molecule has 0 atom stereocenters. The average Bonchev–Trinajstić information content (AvgIpc) is 2.81. The Morgan fingerprint density at radius 1 is 0.806 bits per heavy atom. The minimum atomic E-state index is -0.00323. The molecule has 1 N–H and O–H groups in total. The minimum Gasteiger partial charge on any atom is -0.496 e. The SMILES string of the molecule is COc1ccccc1CC(=O)NCCCCOc1ccc(OCc2ccccc2)cc1. The van der Waals surface area contributed by atoms with Crippen molar-refractivity contribution in [2.45, 2.75) is 25.9 Å². The standard InChI is InChI=1S/C26H29NO4/c1-29-25-12-6-5-11-22(25)19-26(28)27-17-7-8-18-30-23-13-15-24(16-14-23)31-20-21-9-3-2-4-10-21/h2-6,9-16H,7-8,17-20H2,1H3,(H,27,28). The highest BCUT2D eigenvalue weighted by molar-refractivity contribution is 5.79. The Labute approximate surface area is 184 Å². The fourth-order valence-electron chi connectivity index (χ4n) is 3.10. The van der Waals surface area contributed by atoms with E-state index in [9.17, 15) is 4.79 Å². The zero-order valence-electron chi connectivity index (χ0n) is 17.9. The molecule has 0 heterocycles. The van der Waals surface area contributed by atoms with E-state index in [1.54, 1.807) is 7.11 Å². The lowest BCUT2D eigenvalue weighted by atomic mass is 10.1. The van der Waals surface area contributed by atoms with Gasteiger partial charge in [-0.2, -0.15) is 0 Å². The van der Waals surface area contributed by atoms with Gasteiger partial charge in [-0.15, -0.1) is 0 Å². The number of carbonyl (C=O) groups excluding carboxylic acids is 1. The van der Waals surface area contributed by atoms with Crippen LogP contribution in [0.3, 0.4) is 0 Å². The summed E-state index contributed by atoms with van der Waals surface area (Å²) in [6, 6.07) is 25.3. The lowest BCUT2D eigenvalue weighted by molar-refractivity contribution is -0.120. The van der Waals surface area contributed by atoms with Crippen LogP contribution in [0.5, 0.6) is 17.2 Å². The van der Waals surface area contributed by atoms with E-state index in [0.29, 0.717) is 26.2 Å². The van der Waals surface area contributed by atoms with Gasteiger partial charge < -0.3 is 19.5 Å². The van der Waals surface area contributed by atoms with Crippen molar-refractivity contribution >= 4 is 5.91 Å². The lowest BCUT2D eigenvalue weighted by Gasteiger charge is -2.10. The van der Waals surface area contributed by atoms with Crippen LogP contribution < -0.4 is 19.5 Å². The van der Waals surface area contributed by atoms with Crippen LogP contribution in [0.4, 0.5) is 0 Å². The predicted octanol–water partition coefficient (Wildman–Crippen LogP) is 4.79. The molecule has 0 aliphatic carbocycles. The molecule has 5 heteroatoms. The van der Waals surface area contributed by atoms with Crippen molar-refractivity contribution in [1.82, 2.24) is 5.32 Å². The molecule has 3 rings (SSSR count). The zero-order valence-corrected chi connectivity index (χ0v) is 17.9. The van der Waals surface area contributed by atoms with Gasteiger partial charge in [-0.3, -0.25) is 4.79 Å². The first kappa shape index (κ1) is 22.2. The number of methoxy groups -OCH3 is 1. The zero-order chi connectivity index (χ0) is 21.7. The number of unbranched alkanes of at least 4 members (excludes halogenated alkanes) is 1. The number of ether oxygens (including phenoxy) is 3. The Morgan fingerprint density at radius 2 is 1.48 bits per heavy atom. The lowest BCUT2D eigenvalue weighted by Crippen LogP contribution is -2.26. The smallest absolute Gasteiger partial charge is 0.224 e. The molecular formula is C26H29NO4. The third-order valence-electron chi connectivity index (χ3n) is 4.78. The summed E-state index contributed by atoms with van der Waals surface area (Å²) >= 11 is 0. The van der Waals surface area contributed by atoms with Gasteiger partial charge in [0.05, 0.1) is 20.1 Å². The number of hydrogen-bond donors (Lipinski definition) is 1. The normalized spacial score (nSPS) is 10.4. The van der Waals surface area contributed by atoms with Crippen molar-refractivity contribution in [1.29, 1.82) is 0 Å². The summed E-state index contributed by atoms with van der Waals surface area (Å²) < 4.78 is 16.8. The highest BCUT2D eigenvalue weighted by Gasteiger charge is 2.07. The Hall–Kier alpha value is -3.47.